The molecular formula is C27H28Cl2N4O4. The number of carbonyl (C=O) groups excluding carboxylic acids is 2. The number of aryl methyl sites for hydroxylation is 2. The number of halogens is 2. The van der Waals surface area contributed by atoms with E-state index in [9.17, 15) is 14.4 Å². The molecule has 0 atom stereocenters. The number of methoxy groups -OCH3 is 1. The van der Waals surface area contributed by atoms with Crippen molar-refractivity contribution in [2.45, 2.75) is 34.1 Å². The van der Waals surface area contributed by atoms with Crippen LogP contribution in [0.3, 0.4) is 0 Å². The Hall–Kier alpha value is -3.49. The predicted molar refractivity (Wildman–Crippen MR) is 146 cm³/mol. The molecule has 0 saturated carbocycles. The van der Waals surface area contributed by atoms with E-state index in [0.29, 0.717) is 47.4 Å². The molecule has 4 rings (SSSR count). The molecule has 0 bridgehead atoms. The molecule has 0 radical (unpaired) electrons. The van der Waals surface area contributed by atoms with Crippen LogP contribution in [0, 0.1) is 6.92 Å². The second-order valence-electron chi connectivity index (χ2n) is 8.57. The van der Waals surface area contributed by atoms with E-state index in [1.54, 1.807) is 35.2 Å². The molecule has 1 aliphatic heterocycles. The maximum Gasteiger partial charge on any atom is 0.282 e. The van der Waals surface area contributed by atoms with Crippen LogP contribution in [-0.4, -0.2) is 46.7 Å². The Morgan fingerprint density at radius 3 is 2.24 bits per heavy atom. The maximum absolute atomic E-state index is 14.1. The van der Waals surface area contributed by atoms with Gasteiger partial charge in [0.15, 0.2) is 0 Å². The van der Waals surface area contributed by atoms with Crippen molar-refractivity contribution in [3.63, 3.8) is 0 Å². The second kappa shape index (κ2) is 10.5. The number of H-pyrrole nitrogens is 1. The summed E-state index contributed by atoms with van der Waals surface area (Å²) in [5.74, 6) is -0.704. The highest BCUT2D eigenvalue weighted by atomic mass is 35.5. The predicted octanol–water partition coefficient (Wildman–Crippen LogP) is 4.98. The second-order valence-corrected chi connectivity index (χ2v) is 9.39. The fourth-order valence-electron chi connectivity index (χ4n) is 4.57. The van der Waals surface area contributed by atoms with Crippen LogP contribution < -0.4 is 15.2 Å². The van der Waals surface area contributed by atoms with E-state index in [0.717, 1.165) is 10.5 Å². The van der Waals surface area contributed by atoms with Gasteiger partial charge in [-0.2, -0.15) is 0 Å². The minimum Gasteiger partial charge on any atom is -0.495 e. The van der Waals surface area contributed by atoms with Crippen LogP contribution in [0.15, 0.2) is 46.9 Å². The first-order chi connectivity index (χ1) is 17.7. The van der Waals surface area contributed by atoms with E-state index in [4.69, 9.17) is 27.9 Å². The number of benzene rings is 2. The minimum atomic E-state index is -0.581. The number of anilines is 1. The monoisotopic (exact) mass is 542 g/mol. The lowest BCUT2D eigenvalue weighted by Gasteiger charge is -2.23. The summed E-state index contributed by atoms with van der Waals surface area (Å²) >= 11 is 12.3. The zero-order valence-electron chi connectivity index (χ0n) is 21.3. The number of aromatic nitrogens is 2. The molecule has 37 heavy (non-hydrogen) atoms. The Balaban J connectivity index is 1.99. The van der Waals surface area contributed by atoms with Crippen LogP contribution in [-0.2, 0) is 16.0 Å². The first kappa shape index (κ1) is 26.6. The minimum absolute atomic E-state index is 0.0640. The molecule has 0 spiro atoms. The zero-order chi connectivity index (χ0) is 27.0. The lowest BCUT2D eigenvalue weighted by atomic mass is 10.0. The van der Waals surface area contributed by atoms with Gasteiger partial charge in [-0.1, -0.05) is 36.2 Å². The summed E-state index contributed by atoms with van der Waals surface area (Å²) in [4.78, 5) is 44.7. The molecule has 10 heteroatoms. The number of carbonyl (C=O) groups is 2. The molecule has 0 unspecified atom stereocenters. The van der Waals surface area contributed by atoms with E-state index in [2.05, 4.69) is 5.10 Å². The maximum atomic E-state index is 14.1. The fourth-order valence-corrected chi connectivity index (χ4v) is 4.86. The summed E-state index contributed by atoms with van der Waals surface area (Å²) in [6.07, 6.45) is 0.420. The van der Waals surface area contributed by atoms with Gasteiger partial charge in [0.25, 0.3) is 17.4 Å². The molecule has 1 aromatic heterocycles. The van der Waals surface area contributed by atoms with Crippen LogP contribution in [0.2, 0.25) is 10.0 Å². The number of aromatic amines is 1. The molecule has 2 aromatic carbocycles. The first-order valence-corrected chi connectivity index (χ1v) is 12.8. The lowest BCUT2D eigenvalue weighted by Crippen LogP contribution is -2.35. The van der Waals surface area contributed by atoms with Crippen LogP contribution in [0.4, 0.5) is 5.69 Å². The van der Waals surface area contributed by atoms with Gasteiger partial charge in [0.2, 0.25) is 0 Å². The Morgan fingerprint density at radius 2 is 1.65 bits per heavy atom. The van der Waals surface area contributed by atoms with Crippen molar-refractivity contribution in [2.75, 3.05) is 25.1 Å². The van der Waals surface area contributed by atoms with E-state index < -0.39 is 17.4 Å². The smallest absolute Gasteiger partial charge is 0.282 e. The van der Waals surface area contributed by atoms with Crippen molar-refractivity contribution in [1.82, 2.24) is 14.7 Å². The Labute approximate surface area is 225 Å². The molecule has 1 N–H and O–H groups in total. The number of imide groups is 1. The molecule has 0 fully saturated rings. The molecule has 3 aromatic rings. The topological polar surface area (TPSA) is 87.6 Å². The summed E-state index contributed by atoms with van der Waals surface area (Å²) in [6, 6.07) is 10.1. The number of amides is 2. The van der Waals surface area contributed by atoms with Crippen molar-refractivity contribution in [1.29, 1.82) is 0 Å². The number of nitrogens with zero attached hydrogens (tertiary/aromatic N) is 3. The van der Waals surface area contributed by atoms with Gasteiger partial charge in [-0.05, 0) is 63.1 Å². The summed E-state index contributed by atoms with van der Waals surface area (Å²) < 4.78 is 6.79. The van der Waals surface area contributed by atoms with Gasteiger partial charge in [-0.15, -0.1) is 0 Å². The van der Waals surface area contributed by atoms with E-state index in [-0.39, 0.29) is 21.9 Å². The third kappa shape index (κ3) is 4.45. The highest BCUT2D eigenvalue weighted by molar-refractivity contribution is 6.46. The fraction of sp³-hybridized carbons (Fsp3) is 0.296. The van der Waals surface area contributed by atoms with Crippen LogP contribution in [0.5, 0.6) is 5.75 Å². The summed E-state index contributed by atoms with van der Waals surface area (Å²) in [5, 5.41) is 3.74. The van der Waals surface area contributed by atoms with Crippen LogP contribution >= 0.6 is 23.2 Å². The van der Waals surface area contributed by atoms with E-state index >= 15 is 0 Å². The number of hydrogen-bond donors (Lipinski definition) is 1. The van der Waals surface area contributed by atoms with Crippen molar-refractivity contribution in [3.8, 4) is 11.4 Å². The highest BCUT2D eigenvalue weighted by Gasteiger charge is 2.45. The van der Waals surface area contributed by atoms with Crippen LogP contribution in [0.1, 0.15) is 37.6 Å². The number of hydrogen-bond acceptors (Lipinski definition) is 5. The quantitative estimate of drug-likeness (QED) is 0.405. The number of ether oxygens (including phenoxy) is 1. The molecule has 0 aliphatic carbocycles. The van der Waals surface area contributed by atoms with Gasteiger partial charge in [-0.3, -0.25) is 19.5 Å². The van der Waals surface area contributed by atoms with Gasteiger partial charge >= 0.3 is 0 Å². The lowest BCUT2D eigenvalue weighted by molar-refractivity contribution is -0.120. The number of likely N-dealkylation sites (N-methyl/N-ethyl adjacent to an activating group) is 1. The summed E-state index contributed by atoms with van der Waals surface area (Å²) in [5.41, 5.74) is 2.11. The van der Waals surface area contributed by atoms with Crippen LogP contribution in [0.25, 0.3) is 11.3 Å². The summed E-state index contributed by atoms with van der Waals surface area (Å²) in [6.45, 7) is 8.47. The molecule has 194 valence electrons. The third-order valence-electron chi connectivity index (χ3n) is 6.44. The van der Waals surface area contributed by atoms with E-state index in [1.807, 2.05) is 33.8 Å². The van der Waals surface area contributed by atoms with Gasteiger partial charge in [-0.25, -0.2) is 9.58 Å². The van der Waals surface area contributed by atoms with Gasteiger partial charge in [0.05, 0.1) is 39.7 Å². The summed E-state index contributed by atoms with van der Waals surface area (Å²) in [7, 11) is 1.48. The Kier molecular flexibility index (Phi) is 7.52. The average Bonchev–Trinajstić information content (AvgIpc) is 3.34. The zero-order valence-corrected chi connectivity index (χ0v) is 22.8. The first-order valence-electron chi connectivity index (χ1n) is 12.0. The van der Waals surface area contributed by atoms with Crippen molar-refractivity contribution < 1.29 is 14.3 Å². The Morgan fingerprint density at radius 1 is 0.946 bits per heavy atom. The largest absolute Gasteiger partial charge is 0.495 e. The molecule has 0 saturated heterocycles. The molecule has 1 aliphatic rings. The van der Waals surface area contributed by atoms with Gasteiger partial charge in [0.1, 0.15) is 11.4 Å². The number of rotatable bonds is 8. The van der Waals surface area contributed by atoms with Crippen molar-refractivity contribution in [3.05, 3.63) is 79.3 Å². The van der Waals surface area contributed by atoms with Gasteiger partial charge in [0, 0.05) is 18.8 Å². The normalized spacial score (nSPS) is 13.6. The molecule has 8 nitrogen and oxygen atoms in total. The van der Waals surface area contributed by atoms with E-state index in [1.165, 1.54) is 11.8 Å². The van der Waals surface area contributed by atoms with Crippen molar-refractivity contribution in [2.24, 2.45) is 0 Å². The third-order valence-corrected chi connectivity index (χ3v) is 7.18. The Bertz CT molecular complexity index is 1480. The number of nitrogens with one attached hydrogen (secondary N) is 1. The molecular weight excluding hydrogens is 515 g/mol. The van der Waals surface area contributed by atoms with Gasteiger partial charge < -0.3 is 9.64 Å². The highest BCUT2D eigenvalue weighted by Crippen LogP contribution is 2.39. The molecule has 2 heterocycles. The molecule has 2 amide bonds. The SMILES string of the molecule is CCc1[nH]n(-c2ccc(Cl)c(Cl)c2)c(=O)c1C1=C(N(CC)CC)C(=O)N(c2cc(C)ccc2OC)C1=O. The van der Waals surface area contributed by atoms with Crippen molar-refractivity contribution >= 4 is 46.3 Å². The standard InChI is InChI=1S/C27H28Cl2N4O4/c1-6-19-22(26(35)33(30-19)16-10-11-17(28)18(29)14-16)23-24(31(7-2)8-3)27(36)32(25(23)34)20-13-15(4)9-12-21(20)37-5/h9-14,30H,6-8H2,1-5H3. The average molecular weight is 543 g/mol.